The Hall–Kier alpha value is -2.89. The van der Waals surface area contributed by atoms with E-state index in [1.807, 2.05) is 38.1 Å². The van der Waals surface area contributed by atoms with Gasteiger partial charge < -0.3 is 10.2 Å². The van der Waals surface area contributed by atoms with Gasteiger partial charge >= 0.3 is 0 Å². The molecule has 136 valence electrons. The molecule has 0 saturated heterocycles. The molecule has 0 aliphatic heterocycles. The fourth-order valence-corrected chi connectivity index (χ4v) is 2.94. The first-order valence-corrected chi connectivity index (χ1v) is 9.08. The zero-order valence-electron chi connectivity index (χ0n) is 15.8. The standard InChI is InChI=1S/C20H25N5O/c1-5-20(26)21-17-13-19-18(12-14(17)4)22-25(23-19)16-10-8-15(9-11-16)24(6-2)7-3/h8-13H,5-7H2,1-4H3,(H,21,26). The maximum atomic E-state index is 11.7. The molecule has 6 nitrogen and oxygen atoms in total. The smallest absolute Gasteiger partial charge is 0.224 e. The molecule has 0 aliphatic rings. The second-order valence-electron chi connectivity index (χ2n) is 6.24. The molecule has 6 heteroatoms. The number of anilines is 2. The summed E-state index contributed by atoms with van der Waals surface area (Å²) in [7, 11) is 0. The maximum absolute atomic E-state index is 11.7. The van der Waals surface area contributed by atoms with E-state index in [2.05, 4.69) is 46.4 Å². The fraction of sp³-hybridized carbons (Fsp3) is 0.350. The van der Waals surface area contributed by atoms with E-state index in [4.69, 9.17) is 0 Å². The van der Waals surface area contributed by atoms with Crippen molar-refractivity contribution in [3.63, 3.8) is 0 Å². The largest absolute Gasteiger partial charge is 0.372 e. The zero-order chi connectivity index (χ0) is 18.7. The summed E-state index contributed by atoms with van der Waals surface area (Å²) in [4.78, 5) is 15.6. The molecule has 3 aromatic rings. The summed E-state index contributed by atoms with van der Waals surface area (Å²) in [6.07, 6.45) is 0.447. The van der Waals surface area contributed by atoms with Gasteiger partial charge in [-0.2, -0.15) is 4.80 Å². The molecule has 1 aromatic heterocycles. The van der Waals surface area contributed by atoms with Gasteiger partial charge in [-0.05, 0) is 62.7 Å². The van der Waals surface area contributed by atoms with E-state index >= 15 is 0 Å². The van der Waals surface area contributed by atoms with Crippen molar-refractivity contribution in [1.82, 2.24) is 15.0 Å². The zero-order valence-corrected chi connectivity index (χ0v) is 15.8. The molecule has 0 radical (unpaired) electrons. The van der Waals surface area contributed by atoms with Crippen LogP contribution in [0.5, 0.6) is 0 Å². The van der Waals surface area contributed by atoms with Crippen molar-refractivity contribution in [2.45, 2.75) is 34.1 Å². The van der Waals surface area contributed by atoms with Gasteiger partial charge in [-0.25, -0.2) is 0 Å². The van der Waals surface area contributed by atoms with Crippen molar-refractivity contribution < 1.29 is 4.79 Å². The highest BCUT2D eigenvalue weighted by Gasteiger charge is 2.10. The number of nitrogens with zero attached hydrogens (tertiary/aromatic N) is 4. The molecule has 1 amide bonds. The number of aromatic nitrogens is 3. The number of carbonyl (C=O) groups is 1. The lowest BCUT2D eigenvalue weighted by Crippen LogP contribution is -2.21. The number of carbonyl (C=O) groups excluding carboxylic acids is 1. The van der Waals surface area contributed by atoms with E-state index in [1.165, 1.54) is 5.69 Å². The van der Waals surface area contributed by atoms with Gasteiger partial charge in [-0.3, -0.25) is 4.79 Å². The fourth-order valence-electron chi connectivity index (χ4n) is 2.94. The first-order valence-electron chi connectivity index (χ1n) is 9.08. The number of hydrogen-bond donors (Lipinski definition) is 1. The van der Waals surface area contributed by atoms with Crippen LogP contribution >= 0.6 is 0 Å². The number of hydrogen-bond acceptors (Lipinski definition) is 4. The normalized spacial score (nSPS) is 10.9. The average molecular weight is 351 g/mol. The average Bonchev–Trinajstić information content (AvgIpc) is 3.06. The monoisotopic (exact) mass is 351 g/mol. The van der Waals surface area contributed by atoms with Gasteiger partial charge in [0.15, 0.2) is 0 Å². The molecule has 1 N–H and O–H groups in total. The molecule has 0 saturated carbocycles. The molecule has 0 atom stereocenters. The van der Waals surface area contributed by atoms with Gasteiger partial charge in [0.2, 0.25) is 5.91 Å². The lowest BCUT2D eigenvalue weighted by Gasteiger charge is -2.20. The third-order valence-corrected chi connectivity index (χ3v) is 4.53. The van der Waals surface area contributed by atoms with Crippen molar-refractivity contribution >= 4 is 28.3 Å². The minimum atomic E-state index is -0.00756. The summed E-state index contributed by atoms with van der Waals surface area (Å²) in [6, 6.07) is 12.1. The minimum absolute atomic E-state index is 0.00756. The third kappa shape index (κ3) is 3.54. The summed E-state index contributed by atoms with van der Waals surface area (Å²) < 4.78 is 0. The molecular formula is C20H25N5O. The van der Waals surface area contributed by atoms with Gasteiger partial charge in [0.05, 0.1) is 5.69 Å². The number of rotatable bonds is 6. The van der Waals surface area contributed by atoms with Crippen LogP contribution in [-0.4, -0.2) is 34.0 Å². The number of nitrogens with one attached hydrogen (secondary N) is 1. The SMILES string of the molecule is CCC(=O)Nc1cc2nn(-c3ccc(N(CC)CC)cc3)nc2cc1C. The van der Waals surface area contributed by atoms with Crippen molar-refractivity contribution in [3.05, 3.63) is 42.0 Å². The van der Waals surface area contributed by atoms with E-state index in [-0.39, 0.29) is 5.91 Å². The van der Waals surface area contributed by atoms with E-state index < -0.39 is 0 Å². The van der Waals surface area contributed by atoms with Crippen LogP contribution < -0.4 is 10.2 Å². The van der Waals surface area contributed by atoms with Crippen LogP contribution in [0.4, 0.5) is 11.4 Å². The van der Waals surface area contributed by atoms with Crippen LogP contribution in [0.2, 0.25) is 0 Å². The highest BCUT2D eigenvalue weighted by Crippen LogP contribution is 2.23. The van der Waals surface area contributed by atoms with Gasteiger partial charge in [-0.15, -0.1) is 10.2 Å². The van der Waals surface area contributed by atoms with Gasteiger partial charge in [0, 0.05) is 30.9 Å². The Morgan fingerprint density at radius 2 is 1.65 bits per heavy atom. The van der Waals surface area contributed by atoms with Gasteiger partial charge in [0.1, 0.15) is 11.0 Å². The topological polar surface area (TPSA) is 63.1 Å². The molecule has 0 fully saturated rings. The van der Waals surface area contributed by atoms with Crippen LogP contribution in [0, 0.1) is 6.92 Å². The van der Waals surface area contributed by atoms with Gasteiger partial charge in [-0.1, -0.05) is 6.92 Å². The number of amides is 1. The van der Waals surface area contributed by atoms with E-state index in [0.29, 0.717) is 6.42 Å². The van der Waals surface area contributed by atoms with E-state index in [9.17, 15) is 4.79 Å². The third-order valence-electron chi connectivity index (χ3n) is 4.53. The highest BCUT2D eigenvalue weighted by atomic mass is 16.1. The second-order valence-corrected chi connectivity index (χ2v) is 6.24. The summed E-state index contributed by atoms with van der Waals surface area (Å²) >= 11 is 0. The molecule has 26 heavy (non-hydrogen) atoms. The van der Waals surface area contributed by atoms with Crippen molar-refractivity contribution in [3.8, 4) is 5.69 Å². The van der Waals surface area contributed by atoms with E-state index in [0.717, 1.165) is 41.1 Å². The quantitative estimate of drug-likeness (QED) is 0.731. The van der Waals surface area contributed by atoms with Crippen molar-refractivity contribution in [2.24, 2.45) is 0 Å². The number of aryl methyl sites for hydroxylation is 1. The minimum Gasteiger partial charge on any atom is -0.372 e. The molecular weight excluding hydrogens is 326 g/mol. The summed E-state index contributed by atoms with van der Waals surface area (Å²) in [6.45, 7) is 10.0. The first kappa shape index (κ1) is 17.9. The molecule has 3 rings (SSSR count). The lowest BCUT2D eigenvalue weighted by atomic mass is 10.1. The predicted octanol–water partition coefficient (Wildman–Crippen LogP) is 3.92. The Morgan fingerprint density at radius 1 is 1.04 bits per heavy atom. The molecule has 1 heterocycles. The summed E-state index contributed by atoms with van der Waals surface area (Å²) in [5.74, 6) is -0.00756. The van der Waals surface area contributed by atoms with Crippen LogP contribution in [0.3, 0.4) is 0 Å². The molecule has 0 aliphatic carbocycles. The van der Waals surface area contributed by atoms with E-state index in [1.54, 1.807) is 4.80 Å². The van der Waals surface area contributed by atoms with Crippen LogP contribution in [0.15, 0.2) is 36.4 Å². The lowest BCUT2D eigenvalue weighted by molar-refractivity contribution is -0.115. The maximum Gasteiger partial charge on any atom is 0.224 e. The molecule has 0 bridgehead atoms. The van der Waals surface area contributed by atoms with Crippen molar-refractivity contribution in [1.29, 1.82) is 0 Å². The Balaban J connectivity index is 1.92. The molecule has 0 unspecified atom stereocenters. The Kier molecular flexibility index (Phi) is 5.21. The Labute approximate surface area is 153 Å². The Bertz CT molecular complexity index is 910. The van der Waals surface area contributed by atoms with Crippen LogP contribution in [-0.2, 0) is 4.79 Å². The highest BCUT2D eigenvalue weighted by molar-refractivity contribution is 5.93. The van der Waals surface area contributed by atoms with Crippen LogP contribution in [0.1, 0.15) is 32.8 Å². The molecule has 0 spiro atoms. The number of fused-ring (bicyclic) bond motifs is 1. The second kappa shape index (κ2) is 7.56. The summed E-state index contributed by atoms with van der Waals surface area (Å²) in [5.41, 5.74) is 5.43. The number of benzene rings is 2. The summed E-state index contributed by atoms with van der Waals surface area (Å²) in [5, 5.41) is 12.1. The van der Waals surface area contributed by atoms with Crippen molar-refractivity contribution in [2.75, 3.05) is 23.3 Å². The Morgan fingerprint density at radius 3 is 2.23 bits per heavy atom. The first-order chi connectivity index (χ1) is 12.5. The van der Waals surface area contributed by atoms with Crippen LogP contribution in [0.25, 0.3) is 16.7 Å². The van der Waals surface area contributed by atoms with Gasteiger partial charge in [0.25, 0.3) is 0 Å². The predicted molar refractivity (Wildman–Crippen MR) is 106 cm³/mol. The molecule has 2 aromatic carbocycles.